The van der Waals surface area contributed by atoms with Crippen LogP contribution in [0.3, 0.4) is 0 Å². The van der Waals surface area contributed by atoms with E-state index in [9.17, 15) is 18.0 Å². The third-order valence-corrected chi connectivity index (χ3v) is 3.07. The maximum absolute atomic E-state index is 12.2. The van der Waals surface area contributed by atoms with Crippen molar-refractivity contribution in [3.63, 3.8) is 0 Å². The first-order valence-corrected chi connectivity index (χ1v) is 6.02. The lowest BCUT2D eigenvalue weighted by Crippen LogP contribution is -2.44. The molecule has 20 heavy (non-hydrogen) atoms. The van der Waals surface area contributed by atoms with Crippen molar-refractivity contribution in [3.8, 4) is 0 Å². The number of carbonyl (C=O) groups is 1. The molecule has 5 nitrogen and oxygen atoms in total. The van der Waals surface area contributed by atoms with Crippen LogP contribution >= 0.6 is 0 Å². The third-order valence-electron chi connectivity index (χ3n) is 3.07. The minimum absolute atomic E-state index is 0.110. The Morgan fingerprint density at radius 1 is 1.30 bits per heavy atom. The fraction of sp³-hybridized carbons (Fsp3) is 0.500. The standard InChI is InChI=1S/C12H17F3N4O/c1-8(12(13,14)15)2-5-18-11(17)19-6-3-9(4-7-19)10(16)20/h2,5,9H,1,3-4,6-7H2,(H2,16,20)(H2,17,18)/b5-2-. The van der Waals surface area contributed by atoms with Crippen LogP contribution in [0.4, 0.5) is 13.2 Å². The number of guanidine groups is 1. The number of likely N-dealkylation sites (tertiary alicyclic amines) is 1. The Balaban J connectivity index is 2.53. The lowest BCUT2D eigenvalue weighted by Gasteiger charge is -2.31. The fourth-order valence-electron chi connectivity index (χ4n) is 1.77. The van der Waals surface area contributed by atoms with Gasteiger partial charge in [0, 0.05) is 30.8 Å². The molecule has 0 aromatic rings. The summed E-state index contributed by atoms with van der Waals surface area (Å²) in [6.45, 7) is 3.87. The zero-order valence-corrected chi connectivity index (χ0v) is 10.9. The van der Waals surface area contributed by atoms with Crippen LogP contribution in [0, 0.1) is 5.92 Å². The van der Waals surface area contributed by atoms with E-state index in [4.69, 9.17) is 11.5 Å². The van der Waals surface area contributed by atoms with Crippen LogP contribution in [-0.2, 0) is 4.79 Å². The van der Waals surface area contributed by atoms with Gasteiger partial charge in [-0.2, -0.15) is 13.2 Å². The minimum Gasteiger partial charge on any atom is -0.370 e. The highest BCUT2D eigenvalue weighted by Crippen LogP contribution is 2.24. The lowest BCUT2D eigenvalue weighted by molar-refractivity contribution is -0.122. The smallest absolute Gasteiger partial charge is 0.370 e. The van der Waals surface area contributed by atoms with Gasteiger partial charge in [-0.25, -0.2) is 4.99 Å². The highest BCUT2D eigenvalue weighted by molar-refractivity contribution is 5.80. The van der Waals surface area contributed by atoms with E-state index in [1.165, 1.54) is 0 Å². The Morgan fingerprint density at radius 2 is 1.85 bits per heavy atom. The van der Waals surface area contributed by atoms with Gasteiger partial charge in [-0.05, 0) is 18.9 Å². The molecule has 1 aliphatic heterocycles. The predicted molar refractivity (Wildman–Crippen MR) is 69.4 cm³/mol. The summed E-state index contributed by atoms with van der Waals surface area (Å²) < 4.78 is 36.5. The molecule has 0 aromatic carbocycles. The summed E-state index contributed by atoms with van der Waals surface area (Å²) >= 11 is 0. The number of nitrogens with zero attached hydrogens (tertiary/aromatic N) is 2. The summed E-state index contributed by atoms with van der Waals surface area (Å²) in [5.41, 5.74) is 9.86. The molecular weight excluding hydrogens is 273 g/mol. The molecular formula is C12H17F3N4O. The average molecular weight is 290 g/mol. The molecule has 1 saturated heterocycles. The summed E-state index contributed by atoms with van der Waals surface area (Å²) in [6.07, 6.45) is -1.63. The van der Waals surface area contributed by atoms with Crippen molar-refractivity contribution >= 4 is 11.9 Å². The zero-order chi connectivity index (χ0) is 15.3. The largest absolute Gasteiger partial charge is 0.415 e. The zero-order valence-electron chi connectivity index (χ0n) is 10.9. The molecule has 1 heterocycles. The van der Waals surface area contributed by atoms with E-state index in [1.807, 2.05) is 0 Å². The first-order chi connectivity index (χ1) is 9.21. The van der Waals surface area contributed by atoms with Crippen LogP contribution in [0.5, 0.6) is 0 Å². The van der Waals surface area contributed by atoms with Crippen LogP contribution in [-0.4, -0.2) is 36.0 Å². The number of carbonyl (C=O) groups excluding carboxylic acids is 1. The van der Waals surface area contributed by atoms with Crippen LogP contribution in [0.1, 0.15) is 12.8 Å². The average Bonchev–Trinajstić information content (AvgIpc) is 2.37. The number of primary amides is 1. The van der Waals surface area contributed by atoms with E-state index >= 15 is 0 Å². The van der Waals surface area contributed by atoms with Gasteiger partial charge in [0.2, 0.25) is 5.91 Å². The van der Waals surface area contributed by atoms with Gasteiger partial charge < -0.3 is 16.4 Å². The summed E-state index contributed by atoms with van der Waals surface area (Å²) in [5, 5.41) is 0. The predicted octanol–water partition coefficient (Wildman–Crippen LogP) is 1.13. The highest BCUT2D eigenvalue weighted by Gasteiger charge is 2.29. The van der Waals surface area contributed by atoms with Crippen LogP contribution < -0.4 is 11.5 Å². The molecule has 1 aliphatic rings. The molecule has 1 rings (SSSR count). The first kappa shape index (κ1) is 16.1. The van der Waals surface area contributed by atoms with Gasteiger partial charge in [-0.15, -0.1) is 0 Å². The van der Waals surface area contributed by atoms with Gasteiger partial charge in [0.15, 0.2) is 5.96 Å². The van der Waals surface area contributed by atoms with Gasteiger partial charge in [-0.1, -0.05) is 6.58 Å². The molecule has 1 amide bonds. The minimum atomic E-state index is -4.47. The van der Waals surface area contributed by atoms with Gasteiger partial charge in [-0.3, -0.25) is 4.79 Å². The molecule has 0 bridgehead atoms. The van der Waals surface area contributed by atoms with Crippen LogP contribution in [0.2, 0.25) is 0 Å². The normalized spacial score (nSPS) is 18.6. The Kier molecular flexibility index (Phi) is 5.18. The Hall–Kier alpha value is -1.99. The summed E-state index contributed by atoms with van der Waals surface area (Å²) in [6, 6.07) is 0. The molecule has 0 aromatic heterocycles. The molecule has 4 N–H and O–H groups in total. The van der Waals surface area contributed by atoms with Crippen LogP contribution in [0.25, 0.3) is 0 Å². The SMILES string of the molecule is C=C(/C=C\N=C(N)N1CCC(C(N)=O)CC1)C(F)(F)F. The number of nitrogens with two attached hydrogens (primary N) is 2. The number of alkyl halides is 3. The van der Waals surface area contributed by atoms with E-state index < -0.39 is 11.7 Å². The summed E-state index contributed by atoms with van der Waals surface area (Å²) in [7, 11) is 0. The quantitative estimate of drug-likeness (QED) is 0.464. The van der Waals surface area contributed by atoms with E-state index in [0.717, 1.165) is 12.3 Å². The topological polar surface area (TPSA) is 84.7 Å². The monoisotopic (exact) mass is 290 g/mol. The number of hydrogen-bond donors (Lipinski definition) is 2. The van der Waals surface area contributed by atoms with Gasteiger partial charge >= 0.3 is 6.18 Å². The summed E-state index contributed by atoms with van der Waals surface area (Å²) in [5.74, 6) is -0.416. The van der Waals surface area contributed by atoms with Crippen molar-refractivity contribution in [1.82, 2.24) is 4.90 Å². The maximum Gasteiger partial charge on any atom is 0.415 e. The van der Waals surface area contributed by atoms with Crippen molar-refractivity contribution in [1.29, 1.82) is 0 Å². The number of amides is 1. The molecule has 0 atom stereocenters. The third kappa shape index (κ3) is 4.60. The molecule has 0 aliphatic carbocycles. The fourth-order valence-corrected chi connectivity index (χ4v) is 1.77. The van der Waals surface area contributed by atoms with Crippen molar-refractivity contribution in [2.75, 3.05) is 13.1 Å². The first-order valence-electron chi connectivity index (χ1n) is 6.02. The number of rotatable bonds is 3. The second kappa shape index (κ2) is 6.44. The number of hydrogen-bond acceptors (Lipinski definition) is 2. The second-order valence-electron chi connectivity index (χ2n) is 4.49. The van der Waals surface area contributed by atoms with Gasteiger partial charge in [0.25, 0.3) is 0 Å². The Bertz CT molecular complexity index is 434. The molecule has 0 unspecified atom stereocenters. The van der Waals surface area contributed by atoms with E-state index in [2.05, 4.69) is 11.6 Å². The van der Waals surface area contributed by atoms with Crippen molar-refractivity contribution in [2.24, 2.45) is 22.4 Å². The van der Waals surface area contributed by atoms with Gasteiger partial charge in [0.1, 0.15) is 0 Å². The molecule has 1 fully saturated rings. The molecule has 112 valence electrons. The van der Waals surface area contributed by atoms with Crippen molar-refractivity contribution < 1.29 is 18.0 Å². The number of halogens is 3. The number of aliphatic imine (C=N–C) groups is 1. The number of allylic oxidation sites excluding steroid dienone is 2. The van der Waals surface area contributed by atoms with E-state index in [0.29, 0.717) is 25.9 Å². The second-order valence-corrected chi connectivity index (χ2v) is 4.49. The highest BCUT2D eigenvalue weighted by atomic mass is 19.4. The lowest BCUT2D eigenvalue weighted by atomic mass is 9.96. The Labute approximate surface area is 114 Å². The Morgan fingerprint density at radius 3 is 2.30 bits per heavy atom. The van der Waals surface area contributed by atoms with Gasteiger partial charge in [0.05, 0.1) is 0 Å². The van der Waals surface area contributed by atoms with E-state index in [1.54, 1.807) is 4.90 Å². The molecule has 8 heteroatoms. The summed E-state index contributed by atoms with van der Waals surface area (Å²) in [4.78, 5) is 16.4. The van der Waals surface area contributed by atoms with E-state index in [-0.39, 0.29) is 17.8 Å². The molecule has 0 spiro atoms. The number of piperidine rings is 1. The van der Waals surface area contributed by atoms with Crippen molar-refractivity contribution in [3.05, 3.63) is 24.4 Å². The maximum atomic E-state index is 12.2. The van der Waals surface area contributed by atoms with Crippen molar-refractivity contribution in [2.45, 2.75) is 19.0 Å². The molecule has 0 radical (unpaired) electrons. The molecule has 0 saturated carbocycles. The van der Waals surface area contributed by atoms with Crippen LogP contribution in [0.15, 0.2) is 29.4 Å².